The Kier molecular flexibility index (Phi) is 6.50. The van der Waals surface area contributed by atoms with Gasteiger partial charge in [-0.2, -0.15) is 0 Å². The Morgan fingerprint density at radius 3 is 2.18 bits per heavy atom. The highest BCUT2D eigenvalue weighted by molar-refractivity contribution is 5.95. The van der Waals surface area contributed by atoms with Gasteiger partial charge in [-0.15, -0.1) is 0 Å². The van der Waals surface area contributed by atoms with Crippen LogP contribution in [0.4, 0.5) is 0 Å². The van der Waals surface area contributed by atoms with Crippen molar-refractivity contribution in [2.45, 2.75) is 58.5 Å². The van der Waals surface area contributed by atoms with Crippen molar-refractivity contribution in [1.82, 2.24) is 10.2 Å². The largest absolute Gasteiger partial charge is 0.355 e. The number of aryl methyl sites for hydroxylation is 1. The van der Waals surface area contributed by atoms with Crippen LogP contribution in [0.15, 0.2) is 42.5 Å². The Balaban J connectivity index is 1.66. The first-order valence-corrected chi connectivity index (χ1v) is 10.1. The third kappa shape index (κ3) is 4.80. The molecule has 1 aliphatic rings. The molecule has 148 valence electrons. The molecule has 0 spiro atoms. The normalized spacial score (nSPS) is 14.1. The lowest BCUT2D eigenvalue weighted by Crippen LogP contribution is -2.36. The summed E-state index contributed by atoms with van der Waals surface area (Å²) in [5.74, 6) is 0.119. The molecule has 4 nitrogen and oxygen atoms in total. The Labute approximate surface area is 167 Å². The van der Waals surface area contributed by atoms with E-state index in [1.165, 1.54) is 29.5 Å². The molecule has 0 unspecified atom stereocenters. The van der Waals surface area contributed by atoms with Crippen LogP contribution in [0.2, 0.25) is 0 Å². The molecule has 0 aromatic heterocycles. The molecule has 2 aromatic rings. The van der Waals surface area contributed by atoms with Gasteiger partial charge in [0.25, 0.3) is 5.91 Å². The van der Waals surface area contributed by atoms with E-state index < -0.39 is 0 Å². The highest BCUT2D eigenvalue weighted by atomic mass is 16.2. The summed E-state index contributed by atoms with van der Waals surface area (Å²) < 4.78 is 0. The Morgan fingerprint density at radius 2 is 1.61 bits per heavy atom. The monoisotopic (exact) mass is 378 g/mol. The lowest BCUT2D eigenvalue weighted by Gasteiger charge is -2.28. The Bertz CT molecular complexity index is 836. The first kappa shape index (κ1) is 20.1. The molecule has 0 radical (unpaired) electrons. The number of carbonyl (C=O) groups excluding carboxylic acids is 2. The zero-order chi connectivity index (χ0) is 20.1. The fraction of sp³-hybridized carbons (Fsp3) is 0.417. The maximum Gasteiger partial charge on any atom is 0.251 e. The molecular formula is C24H30N2O2. The minimum absolute atomic E-state index is 0.0503. The predicted molar refractivity (Wildman–Crippen MR) is 112 cm³/mol. The van der Waals surface area contributed by atoms with E-state index in [9.17, 15) is 9.59 Å². The molecule has 0 heterocycles. The van der Waals surface area contributed by atoms with Crippen LogP contribution < -0.4 is 5.32 Å². The van der Waals surface area contributed by atoms with Crippen molar-refractivity contribution in [2.24, 2.45) is 0 Å². The van der Waals surface area contributed by atoms with Gasteiger partial charge in [-0.05, 0) is 54.5 Å². The smallest absolute Gasteiger partial charge is 0.251 e. The molecule has 1 fully saturated rings. The van der Waals surface area contributed by atoms with E-state index >= 15 is 0 Å². The van der Waals surface area contributed by atoms with Crippen LogP contribution in [0.25, 0.3) is 0 Å². The maximum atomic E-state index is 12.1. The minimum Gasteiger partial charge on any atom is -0.355 e. The van der Waals surface area contributed by atoms with E-state index in [0.717, 1.165) is 30.4 Å². The molecular weight excluding hydrogens is 348 g/mol. The van der Waals surface area contributed by atoms with Gasteiger partial charge in [-0.1, -0.05) is 49.2 Å². The molecule has 0 atom stereocenters. The molecule has 28 heavy (non-hydrogen) atoms. The summed E-state index contributed by atoms with van der Waals surface area (Å²) in [6.45, 7) is 4.34. The van der Waals surface area contributed by atoms with Gasteiger partial charge in [0.2, 0.25) is 5.91 Å². The van der Waals surface area contributed by atoms with Crippen molar-refractivity contribution in [3.05, 3.63) is 70.3 Å². The number of carbonyl (C=O) groups is 2. The van der Waals surface area contributed by atoms with Crippen LogP contribution in [0.3, 0.4) is 0 Å². The van der Waals surface area contributed by atoms with Crippen LogP contribution in [-0.4, -0.2) is 29.8 Å². The lowest BCUT2D eigenvalue weighted by molar-refractivity contribution is -0.131. The topological polar surface area (TPSA) is 49.4 Å². The van der Waals surface area contributed by atoms with Crippen LogP contribution in [0, 0.1) is 6.92 Å². The van der Waals surface area contributed by atoms with Gasteiger partial charge in [0.1, 0.15) is 0 Å². The lowest BCUT2D eigenvalue weighted by atomic mass is 9.99. The van der Waals surface area contributed by atoms with Crippen LogP contribution in [-0.2, 0) is 17.8 Å². The fourth-order valence-corrected chi connectivity index (χ4v) is 4.13. The van der Waals surface area contributed by atoms with Crippen LogP contribution in [0.5, 0.6) is 0 Å². The second-order valence-electron chi connectivity index (χ2n) is 7.81. The summed E-state index contributed by atoms with van der Waals surface area (Å²) in [6.07, 6.45) is 5.54. The molecule has 4 heteroatoms. The van der Waals surface area contributed by atoms with Gasteiger partial charge in [0, 0.05) is 32.1 Å². The highest BCUT2D eigenvalue weighted by Gasteiger charge is 2.24. The molecule has 0 bridgehead atoms. The molecule has 2 amide bonds. The minimum atomic E-state index is -0.0503. The number of nitrogens with zero attached hydrogens (tertiary/aromatic N) is 1. The average molecular weight is 379 g/mol. The molecule has 3 rings (SSSR count). The first-order valence-electron chi connectivity index (χ1n) is 10.1. The Morgan fingerprint density at radius 1 is 1.00 bits per heavy atom. The van der Waals surface area contributed by atoms with Crippen LogP contribution >= 0.6 is 0 Å². The van der Waals surface area contributed by atoms with Gasteiger partial charge >= 0.3 is 0 Å². The van der Waals surface area contributed by atoms with Gasteiger partial charge in [-0.3, -0.25) is 9.59 Å². The van der Waals surface area contributed by atoms with Gasteiger partial charge in [-0.25, -0.2) is 0 Å². The predicted octanol–water partition coefficient (Wildman–Crippen LogP) is 4.24. The number of amides is 2. The van der Waals surface area contributed by atoms with E-state index in [-0.39, 0.29) is 11.8 Å². The van der Waals surface area contributed by atoms with Crippen LogP contribution in [0.1, 0.15) is 65.2 Å². The average Bonchev–Trinajstić information content (AvgIpc) is 3.21. The zero-order valence-electron chi connectivity index (χ0n) is 17.1. The number of hydrogen-bond acceptors (Lipinski definition) is 2. The van der Waals surface area contributed by atoms with Crippen molar-refractivity contribution in [2.75, 3.05) is 7.05 Å². The quantitative estimate of drug-likeness (QED) is 0.817. The van der Waals surface area contributed by atoms with Crippen molar-refractivity contribution in [1.29, 1.82) is 0 Å². The molecule has 1 aliphatic carbocycles. The molecule has 0 aliphatic heterocycles. The summed E-state index contributed by atoms with van der Waals surface area (Å²) in [6, 6.07) is 14.9. The third-order valence-corrected chi connectivity index (χ3v) is 5.72. The standard InChI is InChI=1S/C24H30N2O2/c1-17-14-21(12-13-23(17)24(28)25-3)15-19-8-10-20(11-9-19)16-26(18(2)27)22-6-4-5-7-22/h8-14,22H,4-7,15-16H2,1-3H3,(H,25,28). The highest BCUT2D eigenvalue weighted by Crippen LogP contribution is 2.25. The Hall–Kier alpha value is -2.62. The van der Waals surface area contributed by atoms with E-state index in [4.69, 9.17) is 0 Å². The molecule has 1 saturated carbocycles. The number of benzene rings is 2. The summed E-state index contributed by atoms with van der Waals surface area (Å²) in [4.78, 5) is 25.9. The van der Waals surface area contributed by atoms with Crippen molar-refractivity contribution in [3.8, 4) is 0 Å². The summed E-state index contributed by atoms with van der Waals surface area (Å²) in [5.41, 5.74) is 5.30. The summed E-state index contributed by atoms with van der Waals surface area (Å²) in [5, 5.41) is 2.67. The second kappa shape index (κ2) is 9.05. The van der Waals surface area contributed by atoms with Gasteiger partial charge in [0.05, 0.1) is 0 Å². The fourth-order valence-electron chi connectivity index (χ4n) is 4.13. The van der Waals surface area contributed by atoms with Gasteiger partial charge < -0.3 is 10.2 Å². The van der Waals surface area contributed by atoms with Gasteiger partial charge in [0.15, 0.2) is 0 Å². The van der Waals surface area contributed by atoms with E-state index in [2.05, 4.69) is 35.6 Å². The van der Waals surface area contributed by atoms with E-state index in [1.54, 1.807) is 14.0 Å². The number of rotatable bonds is 6. The molecule has 0 saturated heterocycles. The maximum absolute atomic E-state index is 12.1. The second-order valence-corrected chi connectivity index (χ2v) is 7.81. The van der Waals surface area contributed by atoms with Crippen molar-refractivity contribution >= 4 is 11.8 Å². The summed E-state index contributed by atoms with van der Waals surface area (Å²) in [7, 11) is 1.65. The summed E-state index contributed by atoms with van der Waals surface area (Å²) >= 11 is 0. The van der Waals surface area contributed by atoms with E-state index in [0.29, 0.717) is 12.6 Å². The third-order valence-electron chi connectivity index (χ3n) is 5.72. The van der Waals surface area contributed by atoms with Crippen molar-refractivity contribution in [3.63, 3.8) is 0 Å². The zero-order valence-corrected chi connectivity index (χ0v) is 17.1. The number of hydrogen-bond donors (Lipinski definition) is 1. The molecule has 2 aromatic carbocycles. The van der Waals surface area contributed by atoms with Crippen molar-refractivity contribution < 1.29 is 9.59 Å². The number of nitrogens with one attached hydrogen (secondary N) is 1. The van der Waals surface area contributed by atoms with E-state index in [1.807, 2.05) is 24.0 Å². The SMILES string of the molecule is CNC(=O)c1ccc(Cc2ccc(CN(C(C)=O)C3CCCC3)cc2)cc1C. The molecule has 1 N–H and O–H groups in total. The first-order chi connectivity index (χ1) is 13.5.